The van der Waals surface area contributed by atoms with Crippen LogP contribution in [0.2, 0.25) is 0 Å². The van der Waals surface area contributed by atoms with Crippen LogP contribution in [0.4, 0.5) is 0 Å². The quantitative estimate of drug-likeness (QED) is 0.864. The molecule has 114 valence electrons. The van der Waals surface area contributed by atoms with E-state index >= 15 is 0 Å². The Morgan fingerprint density at radius 2 is 2.14 bits per heavy atom. The summed E-state index contributed by atoms with van der Waals surface area (Å²) in [6.07, 6.45) is 7.16. The number of nitrogens with zero attached hydrogens (tertiary/aromatic N) is 2. The topological polar surface area (TPSA) is 46.9 Å². The van der Waals surface area contributed by atoms with Crippen LogP contribution in [0.5, 0.6) is 0 Å². The molecule has 0 saturated heterocycles. The van der Waals surface area contributed by atoms with Crippen LogP contribution in [0, 0.1) is 19.8 Å². The Hall–Kier alpha value is -1.20. The Balaban J connectivity index is 1.65. The summed E-state index contributed by atoms with van der Waals surface area (Å²) in [6, 6.07) is 0. The number of thiophene rings is 1. The first-order valence-corrected chi connectivity index (χ1v) is 8.64. The van der Waals surface area contributed by atoms with Crippen molar-refractivity contribution in [2.45, 2.75) is 46.1 Å². The molecule has 3 rings (SSSR count). The van der Waals surface area contributed by atoms with Gasteiger partial charge in [0.1, 0.15) is 4.83 Å². The van der Waals surface area contributed by atoms with E-state index in [4.69, 9.17) is 0 Å². The van der Waals surface area contributed by atoms with Crippen molar-refractivity contribution in [1.29, 1.82) is 0 Å². The van der Waals surface area contributed by atoms with Crippen LogP contribution in [0.25, 0.3) is 10.2 Å². The fraction of sp³-hybridized carbons (Fsp3) is 0.625. The monoisotopic (exact) mass is 305 g/mol. The molecule has 0 radical (unpaired) electrons. The summed E-state index contributed by atoms with van der Waals surface area (Å²) in [4.78, 5) is 19.0. The van der Waals surface area contributed by atoms with Crippen molar-refractivity contribution in [2.75, 3.05) is 13.1 Å². The van der Waals surface area contributed by atoms with E-state index in [0.717, 1.165) is 34.8 Å². The molecule has 0 spiro atoms. The van der Waals surface area contributed by atoms with Crippen LogP contribution in [0.3, 0.4) is 0 Å². The number of rotatable bonds is 5. The van der Waals surface area contributed by atoms with Crippen molar-refractivity contribution in [3.05, 3.63) is 27.1 Å². The van der Waals surface area contributed by atoms with E-state index in [0.29, 0.717) is 6.54 Å². The highest BCUT2D eigenvalue weighted by Gasteiger charge is 2.14. The normalized spacial score (nSPS) is 16.1. The Morgan fingerprint density at radius 1 is 1.38 bits per heavy atom. The second-order valence-corrected chi connectivity index (χ2v) is 7.26. The van der Waals surface area contributed by atoms with E-state index in [9.17, 15) is 4.79 Å². The molecule has 0 unspecified atom stereocenters. The summed E-state index contributed by atoms with van der Waals surface area (Å²) in [6.45, 7) is 6.68. The van der Waals surface area contributed by atoms with Gasteiger partial charge >= 0.3 is 0 Å². The summed E-state index contributed by atoms with van der Waals surface area (Å²) < 4.78 is 1.74. The van der Waals surface area contributed by atoms with Gasteiger partial charge in [-0.3, -0.25) is 9.36 Å². The van der Waals surface area contributed by atoms with E-state index in [-0.39, 0.29) is 5.56 Å². The summed E-state index contributed by atoms with van der Waals surface area (Å²) >= 11 is 1.61. The summed E-state index contributed by atoms with van der Waals surface area (Å²) in [5.41, 5.74) is 1.19. The lowest BCUT2D eigenvalue weighted by molar-refractivity contribution is 0.473. The van der Waals surface area contributed by atoms with E-state index in [1.807, 2.05) is 6.92 Å². The molecule has 2 heterocycles. The second-order valence-electron chi connectivity index (χ2n) is 6.06. The molecule has 5 heteroatoms. The standard InChI is InChI=1S/C16H23N3OS/c1-11-12(2)21-15-14(11)16(20)19(10-18-15)8-7-17-9-13-5-3-4-6-13/h10,13,17H,3-9H2,1-2H3. The van der Waals surface area contributed by atoms with E-state index in [2.05, 4.69) is 17.2 Å². The lowest BCUT2D eigenvalue weighted by atomic mass is 10.1. The van der Waals surface area contributed by atoms with Gasteiger partial charge in [-0.25, -0.2) is 4.98 Å². The highest BCUT2D eigenvalue weighted by Crippen LogP contribution is 2.25. The van der Waals surface area contributed by atoms with Crippen molar-refractivity contribution in [3.63, 3.8) is 0 Å². The first-order chi connectivity index (χ1) is 10.2. The minimum atomic E-state index is 0.101. The van der Waals surface area contributed by atoms with Crippen LogP contribution in [0.15, 0.2) is 11.1 Å². The molecular weight excluding hydrogens is 282 g/mol. The second kappa shape index (κ2) is 6.28. The third-order valence-electron chi connectivity index (χ3n) is 4.59. The lowest BCUT2D eigenvalue weighted by Gasteiger charge is -2.11. The third-order valence-corrected chi connectivity index (χ3v) is 5.71. The number of fused-ring (bicyclic) bond motifs is 1. The zero-order valence-electron chi connectivity index (χ0n) is 12.8. The van der Waals surface area contributed by atoms with Gasteiger partial charge in [-0.2, -0.15) is 0 Å². The third kappa shape index (κ3) is 3.04. The summed E-state index contributed by atoms with van der Waals surface area (Å²) in [5, 5.41) is 4.29. The average molecular weight is 305 g/mol. The van der Waals surface area contributed by atoms with Crippen LogP contribution in [-0.2, 0) is 6.54 Å². The predicted molar refractivity (Wildman–Crippen MR) is 88.2 cm³/mol. The molecule has 1 fully saturated rings. The SMILES string of the molecule is Cc1sc2ncn(CCNCC3CCCC3)c(=O)c2c1C. The molecule has 2 aromatic rings. The minimum absolute atomic E-state index is 0.101. The minimum Gasteiger partial charge on any atom is -0.315 e. The summed E-state index contributed by atoms with van der Waals surface area (Å²) in [7, 11) is 0. The smallest absolute Gasteiger partial charge is 0.262 e. The van der Waals surface area contributed by atoms with Gasteiger partial charge in [0.15, 0.2) is 0 Å². The highest BCUT2D eigenvalue weighted by atomic mass is 32.1. The van der Waals surface area contributed by atoms with Crippen LogP contribution in [-0.4, -0.2) is 22.6 Å². The molecule has 21 heavy (non-hydrogen) atoms. The molecule has 0 aliphatic heterocycles. The van der Waals surface area contributed by atoms with Gasteiger partial charge in [0.05, 0.1) is 11.7 Å². The molecule has 2 aromatic heterocycles. The fourth-order valence-corrected chi connectivity index (χ4v) is 4.14. The Bertz CT molecular complexity index is 683. The molecule has 0 atom stereocenters. The number of aryl methyl sites for hydroxylation is 2. The van der Waals surface area contributed by atoms with Crippen molar-refractivity contribution in [3.8, 4) is 0 Å². The average Bonchev–Trinajstić information content (AvgIpc) is 3.07. The first-order valence-electron chi connectivity index (χ1n) is 7.82. The molecule has 4 nitrogen and oxygen atoms in total. The number of nitrogens with one attached hydrogen (secondary N) is 1. The number of hydrogen-bond acceptors (Lipinski definition) is 4. The lowest BCUT2D eigenvalue weighted by Crippen LogP contribution is -2.29. The summed E-state index contributed by atoms with van der Waals surface area (Å²) in [5.74, 6) is 0.837. The van der Waals surface area contributed by atoms with E-state index in [1.54, 1.807) is 22.2 Å². The van der Waals surface area contributed by atoms with E-state index in [1.165, 1.54) is 30.6 Å². The molecule has 1 aliphatic rings. The van der Waals surface area contributed by atoms with Crippen LogP contribution >= 0.6 is 11.3 Å². The Morgan fingerprint density at radius 3 is 2.90 bits per heavy atom. The first kappa shape index (κ1) is 14.7. The zero-order valence-corrected chi connectivity index (χ0v) is 13.6. The van der Waals surface area contributed by atoms with Gasteiger partial charge in [-0.15, -0.1) is 11.3 Å². The highest BCUT2D eigenvalue weighted by molar-refractivity contribution is 7.18. The predicted octanol–water partition coefficient (Wildman–Crippen LogP) is 2.85. The van der Waals surface area contributed by atoms with E-state index < -0.39 is 0 Å². The zero-order chi connectivity index (χ0) is 14.8. The van der Waals surface area contributed by atoms with Crippen LogP contribution in [0.1, 0.15) is 36.1 Å². The van der Waals surface area contributed by atoms with Gasteiger partial charge in [-0.05, 0) is 44.7 Å². The van der Waals surface area contributed by atoms with Crippen molar-refractivity contribution in [1.82, 2.24) is 14.9 Å². The largest absolute Gasteiger partial charge is 0.315 e. The van der Waals surface area contributed by atoms with Gasteiger partial charge in [0.2, 0.25) is 0 Å². The van der Waals surface area contributed by atoms with Gasteiger partial charge in [-0.1, -0.05) is 12.8 Å². The van der Waals surface area contributed by atoms with Gasteiger partial charge in [0, 0.05) is 18.0 Å². The molecular formula is C16H23N3OS. The molecule has 1 N–H and O–H groups in total. The fourth-order valence-electron chi connectivity index (χ4n) is 3.15. The van der Waals surface area contributed by atoms with Crippen molar-refractivity contribution >= 4 is 21.6 Å². The molecule has 1 aliphatic carbocycles. The maximum absolute atomic E-state index is 12.5. The van der Waals surface area contributed by atoms with Crippen molar-refractivity contribution < 1.29 is 0 Å². The van der Waals surface area contributed by atoms with Crippen molar-refractivity contribution in [2.24, 2.45) is 5.92 Å². The van der Waals surface area contributed by atoms with Crippen LogP contribution < -0.4 is 10.9 Å². The molecule has 1 saturated carbocycles. The number of hydrogen-bond donors (Lipinski definition) is 1. The molecule has 0 amide bonds. The Labute approximate surface area is 129 Å². The Kier molecular flexibility index (Phi) is 4.40. The molecule has 0 bridgehead atoms. The van der Waals surface area contributed by atoms with Gasteiger partial charge in [0.25, 0.3) is 5.56 Å². The molecule has 0 aromatic carbocycles. The maximum Gasteiger partial charge on any atom is 0.262 e. The van der Waals surface area contributed by atoms with Gasteiger partial charge < -0.3 is 5.32 Å². The number of aromatic nitrogens is 2. The maximum atomic E-state index is 12.5.